The number of piperidine rings is 1. The minimum Gasteiger partial charge on any atom is -0.497 e. The summed E-state index contributed by atoms with van der Waals surface area (Å²) in [6, 6.07) is 14.8. The Balaban J connectivity index is 1.19. The Hall–Kier alpha value is -3.55. The maximum Gasteiger partial charge on any atom is 0.257 e. The van der Waals surface area contributed by atoms with Crippen molar-refractivity contribution in [3.63, 3.8) is 0 Å². The Morgan fingerprint density at radius 1 is 0.917 bits per heavy atom. The Morgan fingerprint density at radius 2 is 1.61 bits per heavy atom. The molecule has 0 bridgehead atoms. The Labute approximate surface area is 211 Å². The number of para-hydroxylation sites is 1. The van der Waals surface area contributed by atoms with Crippen molar-refractivity contribution in [1.29, 1.82) is 0 Å². The molecule has 8 heteroatoms. The minimum absolute atomic E-state index is 0.00764. The monoisotopic (exact) mass is 491 g/mol. The Bertz CT molecular complexity index is 1140. The van der Waals surface area contributed by atoms with Gasteiger partial charge >= 0.3 is 0 Å². The van der Waals surface area contributed by atoms with E-state index in [0.29, 0.717) is 49.8 Å². The van der Waals surface area contributed by atoms with E-state index in [0.717, 1.165) is 24.9 Å². The highest BCUT2D eigenvalue weighted by molar-refractivity contribution is 6.00. The van der Waals surface area contributed by atoms with Crippen LogP contribution in [0.15, 0.2) is 48.5 Å². The quantitative estimate of drug-likeness (QED) is 0.642. The molecule has 0 radical (unpaired) electrons. The molecule has 3 aliphatic heterocycles. The Kier molecular flexibility index (Phi) is 6.60. The molecule has 0 saturated carbocycles. The smallest absolute Gasteiger partial charge is 0.257 e. The van der Waals surface area contributed by atoms with Crippen molar-refractivity contribution in [2.45, 2.75) is 25.7 Å². The first-order chi connectivity index (χ1) is 17.4. The van der Waals surface area contributed by atoms with Gasteiger partial charge < -0.3 is 24.2 Å². The molecule has 3 aliphatic rings. The SMILES string of the molecule is COc1ccc(OC)c(C(=O)N2CCC3(CC2)CCN(C(=O)C2CC(=O)N(c4ccccc4)C2)C3)c1. The molecule has 190 valence electrons. The topological polar surface area (TPSA) is 79.4 Å². The van der Waals surface area contributed by atoms with Crippen molar-refractivity contribution >= 4 is 23.4 Å². The lowest BCUT2D eigenvalue weighted by Crippen LogP contribution is -2.45. The number of ether oxygens (including phenoxy) is 2. The molecule has 3 heterocycles. The van der Waals surface area contributed by atoms with Gasteiger partial charge in [-0.15, -0.1) is 0 Å². The van der Waals surface area contributed by atoms with E-state index in [4.69, 9.17) is 9.47 Å². The predicted molar refractivity (Wildman–Crippen MR) is 135 cm³/mol. The van der Waals surface area contributed by atoms with Gasteiger partial charge in [-0.1, -0.05) is 18.2 Å². The summed E-state index contributed by atoms with van der Waals surface area (Å²) in [4.78, 5) is 44.8. The molecule has 1 atom stereocenters. The number of methoxy groups -OCH3 is 2. The standard InChI is InChI=1S/C28H33N3O5/c1-35-22-8-9-24(36-2)23(17-22)27(34)29-13-10-28(11-14-29)12-15-30(19-28)26(33)20-16-25(32)31(18-20)21-6-4-3-5-7-21/h3-9,17,20H,10-16,18-19H2,1-2H3. The third-order valence-corrected chi connectivity index (χ3v) is 8.04. The number of hydrogen-bond donors (Lipinski definition) is 0. The predicted octanol–water partition coefficient (Wildman–Crippen LogP) is 3.21. The molecule has 3 saturated heterocycles. The fraction of sp³-hybridized carbons (Fsp3) is 0.464. The second kappa shape index (κ2) is 9.84. The second-order valence-corrected chi connectivity index (χ2v) is 10.1. The van der Waals surface area contributed by atoms with Gasteiger partial charge in [0.2, 0.25) is 11.8 Å². The number of rotatable bonds is 5. The third-order valence-electron chi connectivity index (χ3n) is 8.04. The van der Waals surface area contributed by atoms with Gasteiger partial charge in [0.05, 0.1) is 25.7 Å². The van der Waals surface area contributed by atoms with E-state index in [2.05, 4.69) is 0 Å². The molecule has 5 rings (SSSR count). The van der Waals surface area contributed by atoms with E-state index in [-0.39, 0.29) is 35.5 Å². The summed E-state index contributed by atoms with van der Waals surface area (Å²) in [5.74, 6) is 0.891. The number of benzene rings is 2. The number of hydrogen-bond acceptors (Lipinski definition) is 5. The van der Waals surface area contributed by atoms with E-state index in [1.54, 1.807) is 37.3 Å². The van der Waals surface area contributed by atoms with Gasteiger partial charge in [-0.2, -0.15) is 0 Å². The summed E-state index contributed by atoms with van der Waals surface area (Å²) >= 11 is 0. The molecule has 8 nitrogen and oxygen atoms in total. The molecular formula is C28H33N3O5. The highest BCUT2D eigenvalue weighted by atomic mass is 16.5. The minimum atomic E-state index is -0.296. The van der Waals surface area contributed by atoms with Crippen molar-refractivity contribution < 1.29 is 23.9 Å². The zero-order valence-corrected chi connectivity index (χ0v) is 20.9. The van der Waals surface area contributed by atoms with Gasteiger partial charge in [-0.3, -0.25) is 14.4 Å². The van der Waals surface area contributed by atoms with Crippen LogP contribution in [0.3, 0.4) is 0 Å². The van der Waals surface area contributed by atoms with E-state index in [1.165, 1.54) is 0 Å². The van der Waals surface area contributed by atoms with Gasteiger partial charge in [-0.25, -0.2) is 0 Å². The molecule has 0 aliphatic carbocycles. The van der Waals surface area contributed by atoms with E-state index < -0.39 is 0 Å². The maximum atomic E-state index is 13.3. The lowest BCUT2D eigenvalue weighted by atomic mass is 9.77. The number of anilines is 1. The van der Waals surface area contributed by atoms with Crippen molar-refractivity contribution in [1.82, 2.24) is 9.80 Å². The lowest BCUT2D eigenvalue weighted by molar-refractivity contribution is -0.135. The fourth-order valence-corrected chi connectivity index (χ4v) is 5.86. The molecule has 0 aromatic heterocycles. The van der Waals surface area contributed by atoms with Crippen LogP contribution in [-0.2, 0) is 9.59 Å². The summed E-state index contributed by atoms with van der Waals surface area (Å²) in [5, 5.41) is 0. The van der Waals surface area contributed by atoms with E-state index >= 15 is 0 Å². The zero-order valence-electron chi connectivity index (χ0n) is 20.9. The molecule has 1 spiro atoms. The van der Waals surface area contributed by atoms with Crippen molar-refractivity contribution in [3.8, 4) is 11.5 Å². The van der Waals surface area contributed by atoms with E-state index in [1.807, 2.05) is 40.1 Å². The van der Waals surface area contributed by atoms with Gasteiger partial charge in [0.25, 0.3) is 5.91 Å². The molecule has 3 fully saturated rings. The van der Waals surface area contributed by atoms with Crippen LogP contribution < -0.4 is 14.4 Å². The lowest BCUT2D eigenvalue weighted by Gasteiger charge is -2.39. The first kappa shape index (κ1) is 24.2. The number of carbonyl (C=O) groups is 3. The van der Waals surface area contributed by atoms with Crippen LogP contribution in [0.2, 0.25) is 0 Å². The molecule has 2 aromatic rings. The number of amides is 3. The van der Waals surface area contributed by atoms with Crippen molar-refractivity contribution in [2.24, 2.45) is 11.3 Å². The molecule has 3 amide bonds. The first-order valence-electron chi connectivity index (χ1n) is 12.6. The van der Waals surface area contributed by atoms with Crippen LogP contribution >= 0.6 is 0 Å². The molecular weight excluding hydrogens is 458 g/mol. The summed E-state index contributed by atoms with van der Waals surface area (Å²) < 4.78 is 10.7. The molecule has 2 aromatic carbocycles. The van der Waals surface area contributed by atoms with Crippen LogP contribution in [0, 0.1) is 11.3 Å². The third kappa shape index (κ3) is 4.52. The van der Waals surface area contributed by atoms with Crippen LogP contribution in [0.25, 0.3) is 0 Å². The van der Waals surface area contributed by atoms with Crippen LogP contribution in [0.4, 0.5) is 5.69 Å². The summed E-state index contributed by atoms with van der Waals surface area (Å²) in [5.41, 5.74) is 1.39. The summed E-state index contributed by atoms with van der Waals surface area (Å²) in [6.07, 6.45) is 2.91. The highest BCUT2D eigenvalue weighted by Gasteiger charge is 2.45. The Morgan fingerprint density at radius 3 is 2.28 bits per heavy atom. The first-order valence-corrected chi connectivity index (χ1v) is 12.6. The van der Waals surface area contributed by atoms with Gasteiger partial charge in [0, 0.05) is 44.8 Å². The summed E-state index contributed by atoms with van der Waals surface area (Å²) in [6.45, 7) is 3.14. The highest BCUT2D eigenvalue weighted by Crippen LogP contribution is 2.42. The number of carbonyl (C=O) groups excluding carboxylic acids is 3. The largest absolute Gasteiger partial charge is 0.497 e. The zero-order chi connectivity index (χ0) is 25.3. The average Bonchev–Trinajstić information content (AvgIpc) is 3.52. The summed E-state index contributed by atoms with van der Waals surface area (Å²) in [7, 11) is 3.14. The van der Waals surface area contributed by atoms with E-state index in [9.17, 15) is 14.4 Å². The van der Waals surface area contributed by atoms with Crippen LogP contribution in [0.5, 0.6) is 11.5 Å². The van der Waals surface area contributed by atoms with Gasteiger partial charge in [0.15, 0.2) is 0 Å². The number of likely N-dealkylation sites (tertiary alicyclic amines) is 2. The second-order valence-electron chi connectivity index (χ2n) is 10.1. The number of nitrogens with zero attached hydrogens (tertiary/aromatic N) is 3. The van der Waals surface area contributed by atoms with Crippen molar-refractivity contribution in [2.75, 3.05) is 51.8 Å². The molecule has 1 unspecified atom stereocenters. The van der Waals surface area contributed by atoms with Gasteiger partial charge in [0.1, 0.15) is 11.5 Å². The molecule has 0 N–H and O–H groups in total. The van der Waals surface area contributed by atoms with Gasteiger partial charge in [-0.05, 0) is 55.0 Å². The van der Waals surface area contributed by atoms with Crippen LogP contribution in [-0.4, -0.2) is 74.5 Å². The fourth-order valence-electron chi connectivity index (χ4n) is 5.86. The average molecular weight is 492 g/mol. The normalized spacial score (nSPS) is 21.2. The van der Waals surface area contributed by atoms with Crippen molar-refractivity contribution in [3.05, 3.63) is 54.1 Å². The maximum absolute atomic E-state index is 13.3. The van der Waals surface area contributed by atoms with Crippen LogP contribution in [0.1, 0.15) is 36.0 Å². The molecule has 36 heavy (non-hydrogen) atoms.